The predicted octanol–water partition coefficient (Wildman–Crippen LogP) is 2.28. The Kier molecular flexibility index (Phi) is 2.76. The van der Waals surface area contributed by atoms with Crippen molar-refractivity contribution in [2.45, 2.75) is 6.92 Å². The minimum absolute atomic E-state index is 0.390. The molecule has 1 aromatic carbocycles. The molecule has 0 unspecified atom stereocenters. The minimum atomic E-state index is 0.390. The summed E-state index contributed by atoms with van der Waals surface area (Å²) in [7, 11) is 1.85. The lowest BCUT2D eigenvalue weighted by Crippen LogP contribution is -2.05. The molecular weight excluding hydrogens is 320 g/mol. The largest absolute Gasteiger partial charge is 0.369 e. The molecule has 0 saturated carbocycles. The zero-order valence-electron chi connectivity index (χ0n) is 10.9. The first kappa shape index (κ1) is 12.7. The molecule has 0 spiro atoms. The zero-order valence-corrected chi connectivity index (χ0v) is 12.5. The molecule has 0 aliphatic rings. The monoisotopic (exact) mass is 330 g/mol. The fourth-order valence-corrected chi connectivity index (χ4v) is 2.84. The van der Waals surface area contributed by atoms with E-state index in [1.165, 1.54) is 0 Å². The average Bonchev–Trinajstić information content (AvgIpc) is 2.88. The van der Waals surface area contributed by atoms with Crippen molar-refractivity contribution in [3.05, 3.63) is 33.9 Å². The number of fused-ring (bicyclic) bond motifs is 1. The normalized spacial score (nSPS) is 10.9. The summed E-state index contributed by atoms with van der Waals surface area (Å²) >= 11 is 3.48. The second kappa shape index (κ2) is 4.35. The molecule has 3 aromatic rings. The van der Waals surface area contributed by atoms with Crippen LogP contribution in [0.2, 0.25) is 0 Å². The van der Waals surface area contributed by atoms with Gasteiger partial charge in [-0.25, -0.2) is 9.67 Å². The number of halogens is 1. The molecule has 20 heavy (non-hydrogen) atoms. The van der Waals surface area contributed by atoms with Crippen LogP contribution in [0.4, 0.5) is 5.95 Å². The summed E-state index contributed by atoms with van der Waals surface area (Å²) in [6.45, 7) is 1.90. The van der Waals surface area contributed by atoms with Gasteiger partial charge in [-0.05, 0) is 41.1 Å². The number of nitriles is 1. The number of nitrogen functional groups attached to an aromatic ring is 1. The standard InChI is InChI=1S/C13H11BrN6/c1-7-11-12(19(2)18-7)20(13(16)17-11)10-4-3-8(6-15)5-9(10)14/h3-5H,1-2H3,(H2,16,17). The second-order valence-electron chi connectivity index (χ2n) is 4.46. The van der Waals surface area contributed by atoms with E-state index in [-0.39, 0.29) is 0 Å². The Morgan fingerprint density at radius 2 is 2.15 bits per heavy atom. The van der Waals surface area contributed by atoms with Gasteiger partial charge < -0.3 is 5.73 Å². The molecule has 0 atom stereocenters. The van der Waals surface area contributed by atoms with Crippen molar-refractivity contribution in [1.82, 2.24) is 19.3 Å². The lowest BCUT2D eigenvalue weighted by Gasteiger charge is -2.09. The summed E-state index contributed by atoms with van der Waals surface area (Å²) in [6, 6.07) is 7.44. The lowest BCUT2D eigenvalue weighted by atomic mass is 10.2. The van der Waals surface area contributed by atoms with Crippen LogP contribution in [-0.2, 0) is 7.05 Å². The Labute approximate surface area is 123 Å². The van der Waals surface area contributed by atoms with Crippen LogP contribution in [0.5, 0.6) is 0 Å². The van der Waals surface area contributed by atoms with Gasteiger partial charge in [-0.1, -0.05) is 0 Å². The molecule has 0 saturated heterocycles. The van der Waals surface area contributed by atoms with Crippen molar-refractivity contribution < 1.29 is 0 Å². The minimum Gasteiger partial charge on any atom is -0.369 e. The molecule has 100 valence electrons. The molecule has 2 N–H and O–H groups in total. The van der Waals surface area contributed by atoms with Gasteiger partial charge >= 0.3 is 0 Å². The number of hydrogen-bond acceptors (Lipinski definition) is 4. The first-order chi connectivity index (χ1) is 9.52. The summed E-state index contributed by atoms with van der Waals surface area (Å²) in [5.41, 5.74) is 9.87. The number of hydrogen-bond donors (Lipinski definition) is 1. The Balaban J connectivity index is 2.35. The molecule has 6 nitrogen and oxygen atoms in total. The number of nitrogens with zero attached hydrogens (tertiary/aromatic N) is 5. The second-order valence-corrected chi connectivity index (χ2v) is 5.32. The Bertz CT molecular complexity index is 867. The molecule has 7 heteroatoms. The lowest BCUT2D eigenvalue weighted by molar-refractivity contribution is 0.762. The quantitative estimate of drug-likeness (QED) is 0.741. The van der Waals surface area contributed by atoms with Crippen LogP contribution < -0.4 is 5.73 Å². The number of rotatable bonds is 1. The smallest absolute Gasteiger partial charge is 0.207 e. The van der Waals surface area contributed by atoms with E-state index >= 15 is 0 Å². The van der Waals surface area contributed by atoms with E-state index in [1.807, 2.05) is 24.6 Å². The van der Waals surface area contributed by atoms with E-state index in [1.54, 1.807) is 16.8 Å². The van der Waals surface area contributed by atoms with Crippen LogP contribution in [0.3, 0.4) is 0 Å². The van der Waals surface area contributed by atoms with E-state index in [4.69, 9.17) is 11.0 Å². The molecule has 0 aliphatic carbocycles. The third-order valence-corrected chi connectivity index (χ3v) is 3.78. The molecule has 2 heterocycles. The van der Waals surface area contributed by atoms with E-state index in [0.717, 1.165) is 27.0 Å². The van der Waals surface area contributed by atoms with Crippen molar-refractivity contribution in [3.63, 3.8) is 0 Å². The summed E-state index contributed by atoms with van der Waals surface area (Å²) in [5.74, 6) is 0.390. The van der Waals surface area contributed by atoms with E-state index in [0.29, 0.717) is 11.5 Å². The SMILES string of the molecule is Cc1nn(C)c2c1nc(N)n2-c1ccc(C#N)cc1Br. The maximum atomic E-state index is 8.93. The van der Waals surface area contributed by atoms with Crippen molar-refractivity contribution in [2.24, 2.45) is 7.05 Å². The molecule has 2 aromatic heterocycles. The summed E-state index contributed by atoms with van der Waals surface area (Å²) in [4.78, 5) is 4.37. The van der Waals surface area contributed by atoms with Crippen molar-refractivity contribution in [2.75, 3.05) is 5.73 Å². The zero-order chi connectivity index (χ0) is 14.4. The topological polar surface area (TPSA) is 85.5 Å². The average molecular weight is 331 g/mol. The molecule has 0 bridgehead atoms. The molecular formula is C13H11BrN6. The first-order valence-corrected chi connectivity index (χ1v) is 6.69. The molecule has 0 aliphatic heterocycles. The number of aromatic nitrogens is 4. The Hall–Kier alpha value is -2.33. The molecule has 3 rings (SSSR count). The number of nitrogens with two attached hydrogens (primary N) is 1. The highest BCUT2D eigenvalue weighted by Crippen LogP contribution is 2.29. The van der Waals surface area contributed by atoms with Crippen LogP contribution >= 0.6 is 15.9 Å². The number of benzene rings is 1. The highest BCUT2D eigenvalue weighted by atomic mass is 79.9. The predicted molar refractivity (Wildman–Crippen MR) is 79.4 cm³/mol. The van der Waals surface area contributed by atoms with Crippen molar-refractivity contribution in [1.29, 1.82) is 5.26 Å². The number of aryl methyl sites for hydroxylation is 2. The maximum Gasteiger partial charge on any atom is 0.207 e. The third-order valence-electron chi connectivity index (χ3n) is 3.15. The fraction of sp³-hybridized carbons (Fsp3) is 0.154. The van der Waals surface area contributed by atoms with Crippen LogP contribution in [0, 0.1) is 18.3 Å². The maximum absolute atomic E-state index is 8.93. The van der Waals surface area contributed by atoms with Crippen LogP contribution in [0.1, 0.15) is 11.3 Å². The van der Waals surface area contributed by atoms with E-state index in [9.17, 15) is 0 Å². The van der Waals surface area contributed by atoms with Gasteiger partial charge in [-0.2, -0.15) is 10.4 Å². The number of anilines is 1. The highest BCUT2D eigenvalue weighted by molar-refractivity contribution is 9.10. The van der Waals surface area contributed by atoms with E-state index < -0.39 is 0 Å². The van der Waals surface area contributed by atoms with Gasteiger partial charge in [0.25, 0.3) is 0 Å². The van der Waals surface area contributed by atoms with Gasteiger partial charge in [0.15, 0.2) is 5.65 Å². The third kappa shape index (κ3) is 1.69. The van der Waals surface area contributed by atoms with Crippen LogP contribution in [0.25, 0.3) is 16.9 Å². The molecule has 0 amide bonds. The summed E-state index contributed by atoms with van der Waals surface area (Å²) in [5, 5.41) is 13.3. The Morgan fingerprint density at radius 3 is 2.80 bits per heavy atom. The van der Waals surface area contributed by atoms with Gasteiger partial charge in [0.1, 0.15) is 5.52 Å². The van der Waals surface area contributed by atoms with Crippen molar-refractivity contribution in [3.8, 4) is 11.8 Å². The fourth-order valence-electron chi connectivity index (χ4n) is 2.28. The highest BCUT2D eigenvalue weighted by Gasteiger charge is 2.18. The number of imidazole rings is 1. The van der Waals surface area contributed by atoms with Crippen molar-refractivity contribution >= 4 is 33.0 Å². The van der Waals surface area contributed by atoms with Gasteiger partial charge in [0, 0.05) is 11.5 Å². The first-order valence-electron chi connectivity index (χ1n) is 5.90. The van der Waals surface area contributed by atoms with Gasteiger partial charge in [-0.3, -0.25) is 4.57 Å². The van der Waals surface area contributed by atoms with Crippen LogP contribution in [0.15, 0.2) is 22.7 Å². The van der Waals surface area contributed by atoms with Gasteiger partial charge in [-0.15, -0.1) is 0 Å². The Morgan fingerprint density at radius 1 is 1.40 bits per heavy atom. The summed E-state index contributed by atoms with van der Waals surface area (Å²) < 4.78 is 4.35. The molecule has 0 fully saturated rings. The van der Waals surface area contributed by atoms with Gasteiger partial charge in [0.05, 0.1) is 23.0 Å². The summed E-state index contributed by atoms with van der Waals surface area (Å²) in [6.07, 6.45) is 0. The molecule has 0 radical (unpaired) electrons. The van der Waals surface area contributed by atoms with Gasteiger partial charge in [0.2, 0.25) is 5.95 Å². The van der Waals surface area contributed by atoms with Crippen LogP contribution in [-0.4, -0.2) is 19.3 Å². The van der Waals surface area contributed by atoms with E-state index in [2.05, 4.69) is 32.1 Å².